The van der Waals surface area contributed by atoms with Gasteiger partial charge in [-0.15, -0.1) is 11.8 Å². The van der Waals surface area contributed by atoms with Gasteiger partial charge in [0, 0.05) is 24.4 Å². The lowest BCUT2D eigenvalue weighted by atomic mass is 10.2. The predicted octanol–water partition coefficient (Wildman–Crippen LogP) is 2.92. The maximum absolute atomic E-state index is 12.7. The molecule has 120 valence electrons. The van der Waals surface area contributed by atoms with E-state index in [9.17, 15) is 22.8 Å². The molecule has 2 amide bonds. The van der Waals surface area contributed by atoms with E-state index in [1.54, 1.807) is 0 Å². The zero-order chi connectivity index (χ0) is 16.3. The highest BCUT2D eigenvalue weighted by Gasteiger charge is 2.33. The monoisotopic (exact) mass is 352 g/mol. The maximum Gasteiger partial charge on any atom is 0.417 e. The standard InChI is InChI=1S/C13H12ClF3N2O2S/c14-9-2-1-7(5-8(9)13(15,16)17)19-11(20)6-10-12(21)18-3-4-22-10/h1-2,5,10H,3-4,6H2,(H,18,21)(H,19,20). The molecule has 0 radical (unpaired) electrons. The number of hydrogen-bond donors (Lipinski definition) is 2. The molecule has 9 heteroatoms. The molecule has 1 unspecified atom stereocenters. The van der Waals surface area contributed by atoms with Crippen LogP contribution in [-0.4, -0.2) is 29.4 Å². The van der Waals surface area contributed by atoms with E-state index in [2.05, 4.69) is 10.6 Å². The Morgan fingerprint density at radius 1 is 1.45 bits per heavy atom. The van der Waals surface area contributed by atoms with Crippen molar-refractivity contribution in [2.75, 3.05) is 17.6 Å². The van der Waals surface area contributed by atoms with Crippen molar-refractivity contribution in [1.29, 1.82) is 0 Å². The fourth-order valence-corrected chi connectivity index (χ4v) is 3.15. The first-order valence-corrected chi connectivity index (χ1v) is 7.76. The molecule has 0 aliphatic carbocycles. The Balaban J connectivity index is 2.04. The summed E-state index contributed by atoms with van der Waals surface area (Å²) in [5, 5.41) is 4.03. The van der Waals surface area contributed by atoms with Gasteiger partial charge in [0.25, 0.3) is 0 Å². The highest BCUT2D eigenvalue weighted by atomic mass is 35.5. The van der Waals surface area contributed by atoms with E-state index < -0.39 is 27.9 Å². The molecular weight excluding hydrogens is 341 g/mol. The summed E-state index contributed by atoms with van der Waals surface area (Å²) in [5.74, 6) is -0.0634. The lowest BCUT2D eigenvalue weighted by Gasteiger charge is -2.21. The van der Waals surface area contributed by atoms with Gasteiger partial charge < -0.3 is 10.6 Å². The molecule has 1 saturated heterocycles. The lowest BCUT2D eigenvalue weighted by Crippen LogP contribution is -2.40. The average molecular weight is 353 g/mol. The summed E-state index contributed by atoms with van der Waals surface area (Å²) in [7, 11) is 0. The second-order valence-electron chi connectivity index (χ2n) is 4.60. The van der Waals surface area contributed by atoms with Crippen LogP contribution in [-0.2, 0) is 15.8 Å². The highest BCUT2D eigenvalue weighted by molar-refractivity contribution is 8.00. The smallest absolute Gasteiger partial charge is 0.354 e. The third-order valence-electron chi connectivity index (χ3n) is 2.94. The average Bonchev–Trinajstić information content (AvgIpc) is 2.42. The third-order valence-corrected chi connectivity index (χ3v) is 4.49. The number of amides is 2. The Bertz CT molecular complexity index is 595. The third kappa shape index (κ3) is 4.30. The fourth-order valence-electron chi connectivity index (χ4n) is 1.92. The molecule has 2 rings (SSSR count). The zero-order valence-electron chi connectivity index (χ0n) is 11.2. The van der Waals surface area contributed by atoms with Crippen molar-refractivity contribution in [1.82, 2.24) is 5.32 Å². The molecule has 1 aliphatic rings. The van der Waals surface area contributed by atoms with Crippen molar-refractivity contribution in [2.24, 2.45) is 0 Å². The molecule has 1 fully saturated rings. The summed E-state index contributed by atoms with van der Waals surface area (Å²) in [6.45, 7) is 0.549. The number of thioether (sulfide) groups is 1. The van der Waals surface area contributed by atoms with Crippen LogP contribution in [0.3, 0.4) is 0 Å². The summed E-state index contributed by atoms with van der Waals surface area (Å²) in [6, 6.07) is 3.12. The molecule has 1 aliphatic heterocycles. The van der Waals surface area contributed by atoms with Gasteiger partial charge in [0.2, 0.25) is 11.8 Å². The molecule has 0 saturated carbocycles. The number of carbonyl (C=O) groups is 2. The summed E-state index contributed by atoms with van der Waals surface area (Å²) in [4.78, 5) is 23.4. The van der Waals surface area contributed by atoms with Crippen LogP contribution < -0.4 is 10.6 Å². The van der Waals surface area contributed by atoms with E-state index in [1.807, 2.05) is 0 Å². The second-order valence-corrected chi connectivity index (χ2v) is 6.31. The van der Waals surface area contributed by atoms with E-state index in [-0.39, 0.29) is 18.0 Å². The first-order chi connectivity index (χ1) is 10.3. The van der Waals surface area contributed by atoms with Gasteiger partial charge in [-0.05, 0) is 18.2 Å². The molecular formula is C13H12ClF3N2O2S. The number of nitrogens with one attached hydrogen (secondary N) is 2. The van der Waals surface area contributed by atoms with Gasteiger partial charge in [-0.1, -0.05) is 11.6 Å². The van der Waals surface area contributed by atoms with Crippen LogP contribution in [0.1, 0.15) is 12.0 Å². The van der Waals surface area contributed by atoms with Gasteiger partial charge >= 0.3 is 6.18 Å². The van der Waals surface area contributed by atoms with Crippen molar-refractivity contribution >= 4 is 40.9 Å². The summed E-state index contributed by atoms with van der Waals surface area (Å²) in [6.07, 6.45) is -4.70. The Kier molecular flexibility index (Phi) is 5.23. The molecule has 0 bridgehead atoms. The Morgan fingerprint density at radius 3 is 2.82 bits per heavy atom. The summed E-state index contributed by atoms with van der Waals surface area (Å²) < 4.78 is 38.2. The van der Waals surface area contributed by atoms with Crippen LogP contribution in [0.4, 0.5) is 18.9 Å². The number of benzene rings is 1. The highest BCUT2D eigenvalue weighted by Crippen LogP contribution is 2.36. The number of rotatable bonds is 3. The minimum absolute atomic E-state index is 0.0112. The van der Waals surface area contributed by atoms with Gasteiger partial charge in [0.15, 0.2) is 0 Å². The van der Waals surface area contributed by atoms with Gasteiger partial charge in [-0.2, -0.15) is 13.2 Å². The lowest BCUT2D eigenvalue weighted by molar-refractivity contribution is -0.137. The first-order valence-electron chi connectivity index (χ1n) is 6.33. The molecule has 4 nitrogen and oxygen atoms in total. The van der Waals surface area contributed by atoms with Gasteiger partial charge in [-0.25, -0.2) is 0 Å². The quantitative estimate of drug-likeness (QED) is 0.879. The SMILES string of the molecule is O=C(CC1SCCNC1=O)Nc1ccc(Cl)c(C(F)(F)F)c1. The molecule has 0 aromatic heterocycles. The number of hydrogen-bond acceptors (Lipinski definition) is 3. The van der Waals surface area contributed by atoms with Gasteiger partial charge in [-0.3, -0.25) is 9.59 Å². The molecule has 1 aromatic rings. The van der Waals surface area contributed by atoms with Gasteiger partial charge in [0.05, 0.1) is 15.8 Å². The van der Waals surface area contributed by atoms with E-state index in [1.165, 1.54) is 17.8 Å². The predicted molar refractivity (Wildman–Crippen MR) is 79.0 cm³/mol. The normalized spacial score (nSPS) is 18.7. The zero-order valence-corrected chi connectivity index (χ0v) is 12.7. The first kappa shape index (κ1) is 17.0. The van der Waals surface area contributed by atoms with Crippen molar-refractivity contribution in [2.45, 2.75) is 17.8 Å². The molecule has 1 heterocycles. The molecule has 2 N–H and O–H groups in total. The Morgan fingerprint density at radius 2 is 2.18 bits per heavy atom. The van der Waals surface area contributed by atoms with E-state index in [0.29, 0.717) is 12.3 Å². The van der Waals surface area contributed by atoms with Gasteiger partial charge in [0.1, 0.15) is 0 Å². The van der Waals surface area contributed by atoms with Crippen LogP contribution in [0.2, 0.25) is 5.02 Å². The molecule has 1 aromatic carbocycles. The van der Waals surface area contributed by atoms with Crippen LogP contribution in [0.15, 0.2) is 18.2 Å². The maximum atomic E-state index is 12.7. The largest absolute Gasteiger partial charge is 0.417 e. The summed E-state index contributed by atoms with van der Waals surface area (Å²) >= 11 is 6.85. The molecule has 1 atom stereocenters. The Hall–Kier alpha value is -1.41. The fraction of sp³-hybridized carbons (Fsp3) is 0.385. The van der Waals surface area contributed by atoms with E-state index in [0.717, 1.165) is 12.1 Å². The van der Waals surface area contributed by atoms with Crippen LogP contribution in [0, 0.1) is 0 Å². The van der Waals surface area contributed by atoms with E-state index in [4.69, 9.17) is 11.6 Å². The topological polar surface area (TPSA) is 58.2 Å². The number of anilines is 1. The molecule has 0 spiro atoms. The van der Waals surface area contributed by atoms with Crippen LogP contribution in [0.25, 0.3) is 0 Å². The Labute approximate surface area is 133 Å². The number of carbonyl (C=O) groups excluding carboxylic acids is 2. The molecule has 22 heavy (non-hydrogen) atoms. The number of alkyl halides is 3. The van der Waals surface area contributed by atoms with Crippen LogP contribution >= 0.6 is 23.4 Å². The van der Waals surface area contributed by atoms with Crippen molar-refractivity contribution in [3.63, 3.8) is 0 Å². The van der Waals surface area contributed by atoms with E-state index >= 15 is 0 Å². The summed E-state index contributed by atoms with van der Waals surface area (Å²) in [5.41, 5.74) is -1.03. The van der Waals surface area contributed by atoms with Crippen molar-refractivity contribution < 1.29 is 22.8 Å². The second kappa shape index (κ2) is 6.78. The number of halogens is 4. The minimum Gasteiger partial charge on any atom is -0.354 e. The van der Waals surface area contributed by atoms with Crippen LogP contribution in [0.5, 0.6) is 0 Å². The van der Waals surface area contributed by atoms with Crippen molar-refractivity contribution in [3.8, 4) is 0 Å². The van der Waals surface area contributed by atoms with Crippen molar-refractivity contribution in [3.05, 3.63) is 28.8 Å². The minimum atomic E-state index is -4.60.